The summed E-state index contributed by atoms with van der Waals surface area (Å²) in [5.41, 5.74) is 1.27. The Balaban J connectivity index is 1.98. The number of hydrogen-bond acceptors (Lipinski definition) is 2. The molecule has 1 N–H and O–H groups in total. The van der Waals surface area contributed by atoms with Crippen LogP contribution in [0.4, 0.5) is 0 Å². The maximum absolute atomic E-state index is 5.63. The average Bonchev–Trinajstić information content (AvgIpc) is 2.04. The van der Waals surface area contributed by atoms with Crippen molar-refractivity contribution in [2.24, 2.45) is 5.92 Å². The van der Waals surface area contributed by atoms with Crippen molar-refractivity contribution in [3.8, 4) is 0 Å². The van der Waals surface area contributed by atoms with Crippen LogP contribution in [-0.4, -0.2) is 25.8 Å². The Hall–Kier alpha value is -0.340. The van der Waals surface area contributed by atoms with E-state index in [2.05, 4.69) is 11.9 Å². The molecule has 11 heavy (non-hydrogen) atoms. The van der Waals surface area contributed by atoms with Crippen LogP contribution in [0.3, 0.4) is 0 Å². The molecule has 2 aliphatic heterocycles. The molecule has 0 saturated carbocycles. The zero-order chi connectivity index (χ0) is 7.68. The smallest absolute Gasteiger partial charge is 0.0735 e. The molecule has 2 heteroatoms. The number of hydrogen-bond donors (Lipinski definition) is 1. The van der Waals surface area contributed by atoms with Gasteiger partial charge in [-0.3, -0.25) is 0 Å². The fourth-order valence-corrected chi connectivity index (χ4v) is 1.97. The molecule has 0 aliphatic carbocycles. The van der Waals surface area contributed by atoms with Crippen molar-refractivity contribution in [2.75, 3.05) is 19.7 Å². The normalized spacial score (nSPS) is 38.4. The Bertz CT molecular complexity index is 167. The maximum Gasteiger partial charge on any atom is 0.0735 e. The van der Waals surface area contributed by atoms with Crippen molar-refractivity contribution in [1.29, 1.82) is 0 Å². The number of nitrogens with one attached hydrogen (secondary N) is 1. The first-order valence-corrected chi connectivity index (χ1v) is 4.35. The Morgan fingerprint density at radius 1 is 1.55 bits per heavy atom. The Morgan fingerprint density at radius 3 is 3.36 bits per heavy atom. The van der Waals surface area contributed by atoms with Gasteiger partial charge in [0, 0.05) is 6.54 Å². The summed E-state index contributed by atoms with van der Waals surface area (Å²) in [6, 6.07) is 0. The summed E-state index contributed by atoms with van der Waals surface area (Å²) in [7, 11) is 0. The van der Waals surface area contributed by atoms with Crippen LogP contribution in [-0.2, 0) is 4.74 Å². The molecule has 0 aromatic rings. The first-order chi connectivity index (χ1) is 5.36. The second-order valence-electron chi connectivity index (χ2n) is 3.56. The minimum absolute atomic E-state index is 0.467. The molecule has 0 bridgehead atoms. The molecule has 0 radical (unpaired) electrons. The second kappa shape index (κ2) is 2.95. The first kappa shape index (κ1) is 7.32. The molecular weight excluding hydrogens is 138 g/mol. The number of ether oxygens (including phenoxy) is 1. The van der Waals surface area contributed by atoms with Gasteiger partial charge in [0.2, 0.25) is 0 Å². The Morgan fingerprint density at radius 2 is 2.45 bits per heavy atom. The van der Waals surface area contributed by atoms with Crippen molar-refractivity contribution in [3.05, 3.63) is 12.2 Å². The highest BCUT2D eigenvalue weighted by Gasteiger charge is 2.29. The van der Waals surface area contributed by atoms with Gasteiger partial charge in [0.15, 0.2) is 0 Å². The van der Waals surface area contributed by atoms with Crippen LogP contribution in [0.5, 0.6) is 0 Å². The van der Waals surface area contributed by atoms with E-state index in [1.165, 1.54) is 18.4 Å². The quantitative estimate of drug-likeness (QED) is 0.523. The summed E-state index contributed by atoms with van der Waals surface area (Å²) < 4.78 is 5.63. The van der Waals surface area contributed by atoms with Gasteiger partial charge in [-0.05, 0) is 25.3 Å². The molecule has 0 spiro atoms. The summed E-state index contributed by atoms with van der Waals surface area (Å²) >= 11 is 0. The van der Waals surface area contributed by atoms with Gasteiger partial charge in [-0.15, -0.1) is 0 Å². The largest absolute Gasteiger partial charge is 0.372 e. The molecule has 2 heterocycles. The molecule has 2 atom stereocenters. The average molecular weight is 153 g/mol. The van der Waals surface area contributed by atoms with Gasteiger partial charge >= 0.3 is 0 Å². The first-order valence-electron chi connectivity index (χ1n) is 4.35. The van der Waals surface area contributed by atoms with Crippen LogP contribution >= 0.6 is 0 Å². The van der Waals surface area contributed by atoms with Gasteiger partial charge in [-0.2, -0.15) is 0 Å². The van der Waals surface area contributed by atoms with Crippen molar-refractivity contribution in [3.63, 3.8) is 0 Å². The third-order valence-electron chi connectivity index (χ3n) is 2.62. The van der Waals surface area contributed by atoms with Gasteiger partial charge < -0.3 is 10.1 Å². The Kier molecular flexibility index (Phi) is 1.96. The summed E-state index contributed by atoms with van der Waals surface area (Å²) in [4.78, 5) is 0. The van der Waals surface area contributed by atoms with Crippen molar-refractivity contribution in [1.82, 2.24) is 5.32 Å². The zero-order valence-electron chi connectivity index (χ0n) is 6.81. The van der Waals surface area contributed by atoms with Crippen LogP contribution in [0.25, 0.3) is 0 Å². The second-order valence-corrected chi connectivity index (χ2v) is 3.56. The van der Waals surface area contributed by atoms with Gasteiger partial charge in [0.25, 0.3) is 0 Å². The lowest BCUT2D eigenvalue weighted by atomic mass is 9.87. The standard InChI is InChI=1S/C9H15NO/c1-7-4-8-2-3-10-5-9(8)11-6-7/h8-10H,1-6H2. The summed E-state index contributed by atoms with van der Waals surface area (Å²) in [6.45, 7) is 6.93. The molecule has 2 rings (SSSR count). The van der Waals surface area contributed by atoms with Crippen LogP contribution in [0.1, 0.15) is 12.8 Å². The number of fused-ring (bicyclic) bond motifs is 1. The van der Waals surface area contributed by atoms with Crippen molar-refractivity contribution >= 4 is 0 Å². The molecule has 0 aromatic heterocycles. The van der Waals surface area contributed by atoms with Crippen LogP contribution in [0, 0.1) is 5.92 Å². The molecular formula is C9H15NO. The monoisotopic (exact) mass is 153 g/mol. The fraction of sp³-hybridized carbons (Fsp3) is 0.778. The maximum atomic E-state index is 5.63. The highest BCUT2D eigenvalue weighted by atomic mass is 16.5. The van der Waals surface area contributed by atoms with Crippen molar-refractivity contribution < 1.29 is 4.74 Å². The summed E-state index contributed by atoms with van der Waals surface area (Å²) in [6.07, 6.45) is 2.91. The minimum atomic E-state index is 0.467. The lowest BCUT2D eigenvalue weighted by Gasteiger charge is -2.36. The van der Waals surface area contributed by atoms with E-state index in [-0.39, 0.29) is 0 Å². The topological polar surface area (TPSA) is 21.3 Å². The van der Waals surface area contributed by atoms with Crippen LogP contribution in [0.15, 0.2) is 12.2 Å². The summed E-state index contributed by atoms with van der Waals surface area (Å²) in [5.74, 6) is 0.748. The van der Waals surface area contributed by atoms with Gasteiger partial charge in [0.1, 0.15) is 0 Å². The molecule has 2 unspecified atom stereocenters. The molecule has 62 valence electrons. The van der Waals surface area contributed by atoms with E-state index in [1.807, 2.05) is 0 Å². The highest BCUT2D eigenvalue weighted by Crippen LogP contribution is 2.27. The van der Waals surface area contributed by atoms with Gasteiger partial charge in [0.05, 0.1) is 12.7 Å². The molecule has 2 saturated heterocycles. The lowest BCUT2D eigenvalue weighted by Crippen LogP contribution is -2.44. The van der Waals surface area contributed by atoms with E-state index in [9.17, 15) is 0 Å². The molecule has 0 aromatic carbocycles. The molecule has 0 amide bonds. The fourth-order valence-electron chi connectivity index (χ4n) is 1.97. The van der Waals surface area contributed by atoms with E-state index >= 15 is 0 Å². The van der Waals surface area contributed by atoms with E-state index in [1.54, 1.807) is 0 Å². The number of rotatable bonds is 0. The molecule has 2 fully saturated rings. The third-order valence-corrected chi connectivity index (χ3v) is 2.62. The van der Waals surface area contributed by atoms with Crippen LogP contribution < -0.4 is 5.32 Å². The van der Waals surface area contributed by atoms with Gasteiger partial charge in [-0.25, -0.2) is 0 Å². The highest BCUT2D eigenvalue weighted by molar-refractivity contribution is 5.02. The Labute approximate surface area is 67.6 Å². The van der Waals surface area contributed by atoms with E-state index in [0.29, 0.717) is 6.10 Å². The molecule has 2 nitrogen and oxygen atoms in total. The van der Waals surface area contributed by atoms with Crippen LogP contribution in [0.2, 0.25) is 0 Å². The molecule has 2 aliphatic rings. The predicted octanol–water partition coefficient (Wildman–Crippen LogP) is 0.941. The third kappa shape index (κ3) is 1.47. The minimum Gasteiger partial charge on any atom is -0.372 e. The van der Waals surface area contributed by atoms with Crippen molar-refractivity contribution in [2.45, 2.75) is 18.9 Å². The number of piperidine rings is 1. The van der Waals surface area contributed by atoms with Gasteiger partial charge in [-0.1, -0.05) is 12.2 Å². The zero-order valence-corrected chi connectivity index (χ0v) is 6.81. The van der Waals surface area contributed by atoms with E-state index in [4.69, 9.17) is 4.74 Å². The lowest BCUT2D eigenvalue weighted by molar-refractivity contribution is -0.0135. The SMILES string of the molecule is C=C1COC2CNCCC2C1. The summed E-state index contributed by atoms with van der Waals surface area (Å²) in [5, 5.41) is 3.34. The van der Waals surface area contributed by atoms with E-state index < -0.39 is 0 Å². The predicted molar refractivity (Wildman–Crippen MR) is 44.5 cm³/mol. The van der Waals surface area contributed by atoms with E-state index in [0.717, 1.165) is 25.6 Å².